The molecule has 1 amide bonds. The van der Waals surface area contributed by atoms with E-state index in [-0.39, 0.29) is 24.3 Å². The number of esters is 2. The fourth-order valence-electron chi connectivity index (χ4n) is 2.66. The first-order chi connectivity index (χ1) is 11.0. The number of carbonyl (C=O) groups excluding carboxylic acids is 3. The van der Waals surface area contributed by atoms with Gasteiger partial charge < -0.3 is 14.4 Å². The zero-order chi connectivity index (χ0) is 17.0. The van der Waals surface area contributed by atoms with E-state index >= 15 is 0 Å². The lowest BCUT2D eigenvalue weighted by Gasteiger charge is -2.19. The fourth-order valence-corrected chi connectivity index (χ4v) is 2.66. The van der Waals surface area contributed by atoms with Crippen molar-refractivity contribution in [3.63, 3.8) is 0 Å². The molecule has 6 heteroatoms. The van der Waals surface area contributed by atoms with Gasteiger partial charge in [0.05, 0.1) is 24.7 Å². The molecule has 0 aromatic heterocycles. The largest absolute Gasteiger partial charge is 0.466 e. The quantitative estimate of drug-likeness (QED) is 0.777. The number of aryl methyl sites for hydroxylation is 1. The molecule has 1 aromatic rings. The number of benzene rings is 1. The van der Waals surface area contributed by atoms with Crippen LogP contribution < -0.4 is 4.90 Å². The lowest BCUT2D eigenvalue weighted by molar-refractivity contribution is -0.147. The predicted octanol–water partition coefficient (Wildman–Crippen LogP) is 2.09. The molecule has 1 fully saturated rings. The number of nitrogens with zero attached hydrogens (tertiary/aromatic N) is 1. The van der Waals surface area contributed by atoms with Crippen LogP contribution in [0, 0.1) is 12.8 Å². The lowest BCUT2D eigenvalue weighted by atomic mass is 10.1. The van der Waals surface area contributed by atoms with Gasteiger partial charge in [-0.15, -0.1) is 0 Å². The van der Waals surface area contributed by atoms with E-state index in [0.29, 0.717) is 31.0 Å². The van der Waals surface area contributed by atoms with Crippen LogP contribution in [0.25, 0.3) is 0 Å². The third-order valence-electron chi connectivity index (χ3n) is 3.74. The zero-order valence-corrected chi connectivity index (χ0v) is 13.6. The Bertz CT molecular complexity index is 625. The molecule has 2 rings (SSSR count). The van der Waals surface area contributed by atoms with Gasteiger partial charge in [0.2, 0.25) is 5.91 Å². The molecule has 1 saturated heterocycles. The van der Waals surface area contributed by atoms with Crippen LogP contribution in [-0.2, 0) is 19.1 Å². The van der Waals surface area contributed by atoms with Gasteiger partial charge in [0.1, 0.15) is 0 Å². The highest BCUT2D eigenvalue weighted by atomic mass is 16.5. The van der Waals surface area contributed by atoms with Crippen molar-refractivity contribution in [3.8, 4) is 0 Å². The maximum absolute atomic E-state index is 12.2. The molecular weight excluding hydrogens is 298 g/mol. The number of hydrogen-bond acceptors (Lipinski definition) is 5. The minimum atomic E-state index is -0.438. The topological polar surface area (TPSA) is 72.9 Å². The van der Waals surface area contributed by atoms with Crippen LogP contribution in [0.1, 0.15) is 36.2 Å². The smallest absolute Gasteiger partial charge is 0.338 e. The number of amides is 1. The molecule has 0 radical (unpaired) electrons. The second kappa shape index (κ2) is 7.26. The van der Waals surface area contributed by atoms with Crippen molar-refractivity contribution in [3.05, 3.63) is 29.3 Å². The highest BCUT2D eigenvalue weighted by molar-refractivity contribution is 6.00. The molecule has 0 N–H and O–H groups in total. The lowest BCUT2D eigenvalue weighted by Crippen LogP contribution is -2.27. The second-order valence-corrected chi connectivity index (χ2v) is 5.38. The summed E-state index contributed by atoms with van der Waals surface area (Å²) in [6.45, 7) is 6.23. The highest BCUT2D eigenvalue weighted by Crippen LogP contribution is 2.29. The molecule has 0 spiro atoms. The van der Waals surface area contributed by atoms with E-state index in [1.807, 2.05) is 6.92 Å². The first-order valence-electron chi connectivity index (χ1n) is 7.72. The Labute approximate surface area is 135 Å². The molecule has 1 atom stereocenters. The highest BCUT2D eigenvalue weighted by Gasteiger charge is 2.36. The van der Waals surface area contributed by atoms with Gasteiger partial charge >= 0.3 is 11.9 Å². The number of carbonyl (C=O) groups is 3. The average Bonchev–Trinajstić information content (AvgIpc) is 2.89. The van der Waals surface area contributed by atoms with Crippen molar-refractivity contribution in [1.29, 1.82) is 0 Å². The number of anilines is 1. The molecule has 0 aliphatic carbocycles. The third-order valence-corrected chi connectivity index (χ3v) is 3.74. The first-order valence-corrected chi connectivity index (χ1v) is 7.72. The number of hydrogen-bond donors (Lipinski definition) is 0. The number of ether oxygens (including phenoxy) is 2. The van der Waals surface area contributed by atoms with Crippen LogP contribution in [-0.4, -0.2) is 37.6 Å². The summed E-state index contributed by atoms with van der Waals surface area (Å²) in [5, 5.41) is 0. The monoisotopic (exact) mass is 319 g/mol. The average molecular weight is 319 g/mol. The SMILES string of the molecule is CCOC(=O)c1ccc(N2C[C@H](C(=O)OCC)CC2=O)c(C)c1. The maximum atomic E-state index is 12.2. The molecular formula is C17H21NO5. The summed E-state index contributed by atoms with van der Waals surface area (Å²) in [4.78, 5) is 37.3. The van der Waals surface area contributed by atoms with Crippen LogP contribution in [0.4, 0.5) is 5.69 Å². The summed E-state index contributed by atoms with van der Waals surface area (Å²) < 4.78 is 9.95. The van der Waals surface area contributed by atoms with Crippen molar-refractivity contribution in [2.75, 3.05) is 24.7 Å². The van der Waals surface area contributed by atoms with Gasteiger partial charge in [-0.2, -0.15) is 0 Å². The van der Waals surface area contributed by atoms with E-state index in [0.717, 1.165) is 5.56 Å². The first kappa shape index (κ1) is 17.0. The zero-order valence-electron chi connectivity index (χ0n) is 13.6. The van der Waals surface area contributed by atoms with Crippen molar-refractivity contribution in [1.82, 2.24) is 0 Å². The van der Waals surface area contributed by atoms with Crippen LogP contribution in [0.5, 0.6) is 0 Å². The van der Waals surface area contributed by atoms with Crippen LogP contribution >= 0.6 is 0 Å². The summed E-state index contributed by atoms with van der Waals surface area (Å²) >= 11 is 0. The van der Waals surface area contributed by atoms with Gasteiger partial charge in [-0.05, 0) is 44.5 Å². The van der Waals surface area contributed by atoms with E-state index in [9.17, 15) is 14.4 Å². The van der Waals surface area contributed by atoms with Crippen molar-refractivity contribution >= 4 is 23.5 Å². The Balaban J connectivity index is 2.17. The molecule has 124 valence electrons. The molecule has 1 aliphatic rings. The molecule has 6 nitrogen and oxygen atoms in total. The van der Waals surface area contributed by atoms with Gasteiger partial charge in [-0.1, -0.05) is 0 Å². The Morgan fingerprint density at radius 1 is 1.22 bits per heavy atom. The van der Waals surface area contributed by atoms with Crippen molar-refractivity contribution < 1.29 is 23.9 Å². The van der Waals surface area contributed by atoms with E-state index in [1.54, 1.807) is 36.9 Å². The standard InChI is InChI=1S/C17H21NO5/c1-4-22-16(20)12-6-7-14(11(3)8-12)18-10-13(9-15(18)19)17(21)23-5-2/h6-8,13H,4-5,9-10H2,1-3H3/t13-/m1/s1. The van der Waals surface area contributed by atoms with Gasteiger partial charge in [0, 0.05) is 18.7 Å². The fraction of sp³-hybridized carbons (Fsp3) is 0.471. The van der Waals surface area contributed by atoms with Crippen LogP contribution in [0.2, 0.25) is 0 Å². The molecule has 1 aliphatic heterocycles. The van der Waals surface area contributed by atoms with Crippen molar-refractivity contribution in [2.45, 2.75) is 27.2 Å². The molecule has 0 saturated carbocycles. The summed E-state index contributed by atoms with van der Waals surface area (Å²) in [6.07, 6.45) is 0.151. The van der Waals surface area contributed by atoms with E-state index in [4.69, 9.17) is 9.47 Å². The van der Waals surface area contributed by atoms with Crippen molar-refractivity contribution in [2.24, 2.45) is 5.92 Å². The van der Waals surface area contributed by atoms with Gasteiger partial charge in [0.25, 0.3) is 0 Å². The molecule has 0 unspecified atom stereocenters. The molecule has 1 aromatic carbocycles. The predicted molar refractivity (Wildman–Crippen MR) is 84.2 cm³/mol. The van der Waals surface area contributed by atoms with E-state index in [1.165, 1.54) is 0 Å². The summed E-state index contributed by atoms with van der Waals surface area (Å²) in [7, 11) is 0. The summed E-state index contributed by atoms with van der Waals surface area (Å²) in [5.74, 6) is -1.29. The number of rotatable bonds is 5. The van der Waals surface area contributed by atoms with Crippen LogP contribution in [0.15, 0.2) is 18.2 Å². The van der Waals surface area contributed by atoms with Gasteiger partial charge in [-0.3, -0.25) is 9.59 Å². The Hall–Kier alpha value is -2.37. The van der Waals surface area contributed by atoms with Crippen LogP contribution in [0.3, 0.4) is 0 Å². The minimum absolute atomic E-state index is 0.116. The second-order valence-electron chi connectivity index (χ2n) is 5.38. The Morgan fingerprint density at radius 2 is 1.91 bits per heavy atom. The van der Waals surface area contributed by atoms with Gasteiger partial charge in [0.15, 0.2) is 0 Å². The summed E-state index contributed by atoms with van der Waals surface area (Å²) in [5.41, 5.74) is 1.94. The Morgan fingerprint density at radius 3 is 2.52 bits per heavy atom. The minimum Gasteiger partial charge on any atom is -0.466 e. The van der Waals surface area contributed by atoms with Gasteiger partial charge in [-0.25, -0.2) is 4.79 Å². The maximum Gasteiger partial charge on any atom is 0.338 e. The Kier molecular flexibility index (Phi) is 5.36. The van der Waals surface area contributed by atoms with E-state index < -0.39 is 5.92 Å². The van der Waals surface area contributed by atoms with E-state index in [2.05, 4.69) is 0 Å². The normalized spacial score (nSPS) is 17.3. The molecule has 0 bridgehead atoms. The summed E-state index contributed by atoms with van der Waals surface area (Å²) in [6, 6.07) is 5.04. The molecule has 1 heterocycles. The third kappa shape index (κ3) is 3.70. The molecule has 23 heavy (non-hydrogen) atoms.